The van der Waals surface area contributed by atoms with E-state index < -0.39 is 6.10 Å². The second-order valence-electron chi connectivity index (χ2n) is 4.84. The maximum atomic E-state index is 11.9. The lowest BCUT2D eigenvalue weighted by Crippen LogP contribution is -2.29. The fraction of sp³-hybridized carbons (Fsp3) is 0.562. The van der Waals surface area contributed by atoms with Crippen molar-refractivity contribution >= 4 is 5.78 Å². The molecule has 0 aromatic heterocycles. The van der Waals surface area contributed by atoms with Gasteiger partial charge in [0, 0.05) is 6.42 Å². The lowest BCUT2D eigenvalue weighted by atomic mass is 9.91. The van der Waals surface area contributed by atoms with E-state index in [9.17, 15) is 9.90 Å². The molecule has 19 heavy (non-hydrogen) atoms. The first-order valence-corrected chi connectivity index (χ1v) is 6.96. The largest absolute Gasteiger partial charge is 0.497 e. The van der Waals surface area contributed by atoms with Crippen LogP contribution < -0.4 is 4.74 Å². The summed E-state index contributed by atoms with van der Waals surface area (Å²) >= 11 is 0. The van der Waals surface area contributed by atoms with Crippen molar-refractivity contribution in [2.75, 3.05) is 7.11 Å². The maximum absolute atomic E-state index is 11.9. The van der Waals surface area contributed by atoms with Crippen molar-refractivity contribution in [1.29, 1.82) is 0 Å². The van der Waals surface area contributed by atoms with Crippen molar-refractivity contribution < 1.29 is 14.6 Å². The van der Waals surface area contributed by atoms with Crippen molar-refractivity contribution in [2.24, 2.45) is 5.92 Å². The van der Waals surface area contributed by atoms with E-state index in [0.717, 1.165) is 24.2 Å². The van der Waals surface area contributed by atoms with E-state index in [1.54, 1.807) is 7.11 Å². The van der Waals surface area contributed by atoms with Gasteiger partial charge >= 0.3 is 0 Å². The van der Waals surface area contributed by atoms with Crippen LogP contribution in [0.5, 0.6) is 5.75 Å². The van der Waals surface area contributed by atoms with Crippen molar-refractivity contribution in [1.82, 2.24) is 0 Å². The Bertz CT molecular complexity index is 379. The van der Waals surface area contributed by atoms with Crippen LogP contribution in [0.4, 0.5) is 0 Å². The van der Waals surface area contributed by atoms with Crippen LogP contribution in [0, 0.1) is 5.92 Å². The summed E-state index contributed by atoms with van der Waals surface area (Å²) in [5, 5.41) is 9.97. The topological polar surface area (TPSA) is 46.5 Å². The van der Waals surface area contributed by atoms with E-state index in [1.165, 1.54) is 0 Å². The number of hydrogen-bond donors (Lipinski definition) is 1. The molecule has 1 atom stereocenters. The first-order chi connectivity index (χ1) is 9.12. The highest BCUT2D eigenvalue weighted by molar-refractivity contribution is 5.83. The van der Waals surface area contributed by atoms with Crippen LogP contribution in [-0.4, -0.2) is 24.1 Å². The Morgan fingerprint density at radius 1 is 1.21 bits per heavy atom. The lowest BCUT2D eigenvalue weighted by Gasteiger charge is -2.18. The van der Waals surface area contributed by atoms with Crippen molar-refractivity contribution in [3.05, 3.63) is 29.8 Å². The fourth-order valence-electron chi connectivity index (χ4n) is 2.21. The van der Waals surface area contributed by atoms with Gasteiger partial charge < -0.3 is 9.84 Å². The predicted molar refractivity (Wildman–Crippen MR) is 76.4 cm³/mol. The Morgan fingerprint density at radius 2 is 1.79 bits per heavy atom. The van der Waals surface area contributed by atoms with E-state index >= 15 is 0 Å². The highest BCUT2D eigenvalue weighted by Gasteiger charge is 2.22. The van der Waals surface area contributed by atoms with Gasteiger partial charge in [0.05, 0.1) is 7.11 Å². The minimum absolute atomic E-state index is 0.0514. The van der Waals surface area contributed by atoms with Gasteiger partial charge in [0.1, 0.15) is 11.9 Å². The summed E-state index contributed by atoms with van der Waals surface area (Å²) < 4.78 is 5.09. The van der Waals surface area contributed by atoms with Crippen LogP contribution in [-0.2, 0) is 11.2 Å². The molecule has 1 aromatic carbocycles. The number of benzene rings is 1. The van der Waals surface area contributed by atoms with Crippen molar-refractivity contribution in [3.63, 3.8) is 0 Å². The van der Waals surface area contributed by atoms with E-state index in [4.69, 9.17) is 4.74 Å². The van der Waals surface area contributed by atoms with Gasteiger partial charge in [0.25, 0.3) is 0 Å². The molecule has 1 N–H and O–H groups in total. The van der Waals surface area contributed by atoms with Crippen LogP contribution in [0.2, 0.25) is 0 Å². The normalized spacial score (nSPS) is 12.5. The zero-order chi connectivity index (χ0) is 14.3. The van der Waals surface area contributed by atoms with E-state index in [1.807, 2.05) is 38.1 Å². The standard InChI is InChI=1S/C16H24O3/c1-4-13(5-2)16(18)15(17)11-8-12-6-9-14(19-3)10-7-12/h6-7,9-10,13,16,18H,4-5,8,11H2,1-3H3. The number of methoxy groups -OCH3 is 1. The second-order valence-corrected chi connectivity index (χ2v) is 4.84. The number of aliphatic hydroxyl groups is 1. The molecule has 3 nitrogen and oxygen atoms in total. The first-order valence-electron chi connectivity index (χ1n) is 6.96. The molecule has 0 saturated heterocycles. The Balaban J connectivity index is 2.48. The molecule has 106 valence electrons. The van der Waals surface area contributed by atoms with E-state index in [2.05, 4.69) is 0 Å². The van der Waals surface area contributed by atoms with Gasteiger partial charge in [-0.15, -0.1) is 0 Å². The summed E-state index contributed by atoms with van der Waals surface area (Å²) in [6, 6.07) is 7.68. The van der Waals surface area contributed by atoms with Crippen LogP contribution in [0.3, 0.4) is 0 Å². The molecule has 0 aliphatic rings. The molecule has 0 radical (unpaired) electrons. The molecular weight excluding hydrogens is 240 g/mol. The molecule has 0 aliphatic heterocycles. The number of carbonyl (C=O) groups excluding carboxylic acids is 1. The Hall–Kier alpha value is -1.35. The average Bonchev–Trinajstić information content (AvgIpc) is 2.46. The number of ether oxygens (including phenoxy) is 1. The van der Waals surface area contributed by atoms with E-state index in [0.29, 0.717) is 12.8 Å². The molecule has 0 heterocycles. The number of Topliss-reactive ketones (excluding diaryl/α,β-unsaturated/α-hetero) is 1. The van der Waals surface area contributed by atoms with Crippen molar-refractivity contribution in [3.8, 4) is 5.75 Å². The Labute approximate surface area is 115 Å². The number of aryl methyl sites for hydroxylation is 1. The van der Waals surface area contributed by atoms with Crippen LogP contribution >= 0.6 is 0 Å². The zero-order valence-corrected chi connectivity index (χ0v) is 12.1. The van der Waals surface area contributed by atoms with Gasteiger partial charge in [-0.25, -0.2) is 0 Å². The predicted octanol–water partition coefficient (Wildman–Crippen LogP) is 2.99. The molecule has 1 aromatic rings. The number of carbonyl (C=O) groups is 1. The molecule has 3 heteroatoms. The first kappa shape index (κ1) is 15.7. The summed E-state index contributed by atoms with van der Waals surface area (Å²) in [6.45, 7) is 4.02. The highest BCUT2D eigenvalue weighted by Crippen LogP contribution is 2.17. The molecular formula is C16H24O3. The molecule has 0 fully saturated rings. The highest BCUT2D eigenvalue weighted by atomic mass is 16.5. The number of hydrogen-bond acceptors (Lipinski definition) is 3. The number of aliphatic hydroxyl groups excluding tert-OH is 1. The summed E-state index contributed by atoms with van der Waals surface area (Å²) in [6.07, 6.45) is 1.93. The minimum Gasteiger partial charge on any atom is -0.497 e. The summed E-state index contributed by atoms with van der Waals surface area (Å²) in [5.41, 5.74) is 1.09. The van der Waals surface area contributed by atoms with Gasteiger partial charge in [-0.2, -0.15) is 0 Å². The van der Waals surface area contributed by atoms with Gasteiger partial charge in [-0.3, -0.25) is 4.79 Å². The van der Waals surface area contributed by atoms with Gasteiger partial charge in [0.2, 0.25) is 0 Å². The van der Waals surface area contributed by atoms with Gasteiger partial charge in [0.15, 0.2) is 5.78 Å². The van der Waals surface area contributed by atoms with Crippen molar-refractivity contribution in [2.45, 2.75) is 45.6 Å². The third-order valence-corrected chi connectivity index (χ3v) is 3.64. The van der Waals surface area contributed by atoms with Crippen LogP contribution in [0.15, 0.2) is 24.3 Å². The molecule has 1 rings (SSSR count). The quantitative estimate of drug-likeness (QED) is 0.785. The second kappa shape index (κ2) is 7.95. The molecule has 0 spiro atoms. The van der Waals surface area contributed by atoms with Crippen LogP contribution in [0.1, 0.15) is 38.7 Å². The SMILES string of the molecule is CCC(CC)C(O)C(=O)CCc1ccc(OC)cc1. The number of ketones is 1. The molecule has 0 saturated carbocycles. The molecule has 1 unspecified atom stereocenters. The average molecular weight is 264 g/mol. The zero-order valence-electron chi connectivity index (χ0n) is 12.1. The summed E-state index contributed by atoms with van der Waals surface area (Å²) in [5.74, 6) is 0.847. The number of rotatable bonds is 8. The fourth-order valence-corrected chi connectivity index (χ4v) is 2.21. The molecule has 0 bridgehead atoms. The summed E-state index contributed by atoms with van der Waals surface area (Å²) in [4.78, 5) is 11.9. The third-order valence-electron chi connectivity index (χ3n) is 3.64. The van der Waals surface area contributed by atoms with E-state index in [-0.39, 0.29) is 11.7 Å². The molecule has 0 amide bonds. The molecule has 0 aliphatic carbocycles. The Morgan fingerprint density at radius 3 is 2.26 bits per heavy atom. The smallest absolute Gasteiger partial charge is 0.161 e. The van der Waals surface area contributed by atoms with Crippen LogP contribution in [0.25, 0.3) is 0 Å². The minimum atomic E-state index is -0.812. The monoisotopic (exact) mass is 264 g/mol. The maximum Gasteiger partial charge on any atom is 0.161 e. The summed E-state index contributed by atoms with van der Waals surface area (Å²) in [7, 11) is 1.63. The lowest BCUT2D eigenvalue weighted by molar-refractivity contribution is -0.129. The Kier molecular flexibility index (Phi) is 6.57. The third kappa shape index (κ3) is 4.67. The van der Waals surface area contributed by atoms with Gasteiger partial charge in [-0.05, 0) is 30.0 Å². The van der Waals surface area contributed by atoms with Gasteiger partial charge in [-0.1, -0.05) is 38.8 Å².